The molecule has 3 rings (SSSR count). The normalized spacial score (nSPS) is 18.9. The first kappa shape index (κ1) is 13.9. The maximum absolute atomic E-state index is 14.1. The van der Waals surface area contributed by atoms with Crippen LogP contribution in [-0.4, -0.2) is 5.25 Å². The second-order valence-electron chi connectivity index (χ2n) is 4.78. The number of hydrazine groups is 1. The van der Waals surface area contributed by atoms with Crippen LogP contribution < -0.4 is 11.3 Å². The Balaban J connectivity index is 1.89. The molecule has 0 bridgehead atoms. The Morgan fingerprint density at radius 2 is 2.10 bits per heavy atom. The molecule has 0 aromatic heterocycles. The number of thioether (sulfide) groups is 1. The van der Waals surface area contributed by atoms with Crippen LogP contribution in [-0.2, 0) is 6.42 Å². The average molecular weight is 309 g/mol. The van der Waals surface area contributed by atoms with Gasteiger partial charge in [-0.2, -0.15) is 0 Å². The van der Waals surface area contributed by atoms with E-state index in [9.17, 15) is 4.39 Å². The van der Waals surface area contributed by atoms with Crippen LogP contribution in [0.1, 0.15) is 17.2 Å². The molecule has 2 unspecified atom stereocenters. The molecule has 2 atom stereocenters. The first-order valence-electron chi connectivity index (χ1n) is 6.34. The number of halogens is 2. The van der Waals surface area contributed by atoms with Gasteiger partial charge in [0, 0.05) is 20.7 Å². The summed E-state index contributed by atoms with van der Waals surface area (Å²) in [6.07, 6.45) is 0.873. The predicted molar refractivity (Wildman–Crippen MR) is 81.3 cm³/mol. The molecule has 104 valence electrons. The van der Waals surface area contributed by atoms with Gasteiger partial charge in [0.2, 0.25) is 0 Å². The van der Waals surface area contributed by atoms with Gasteiger partial charge in [-0.3, -0.25) is 11.3 Å². The smallest absolute Gasteiger partial charge is 0.129 e. The van der Waals surface area contributed by atoms with E-state index in [0.29, 0.717) is 10.6 Å². The molecule has 2 aromatic carbocycles. The molecule has 0 aliphatic carbocycles. The number of nitrogens with one attached hydrogen (secondary N) is 1. The molecule has 0 amide bonds. The third-order valence-corrected chi connectivity index (χ3v) is 5.15. The van der Waals surface area contributed by atoms with Crippen LogP contribution in [0.25, 0.3) is 0 Å². The van der Waals surface area contributed by atoms with Gasteiger partial charge in [0.1, 0.15) is 5.82 Å². The summed E-state index contributed by atoms with van der Waals surface area (Å²) < 4.78 is 14.1. The van der Waals surface area contributed by atoms with E-state index in [4.69, 9.17) is 17.4 Å². The van der Waals surface area contributed by atoms with E-state index in [1.807, 2.05) is 12.1 Å². The largest absolute Gasteiger partial charge is 0.271 e. The van der Waals surface area contributed by atoms with Gasteiger partial charge < -0.3 is 0 Å². The van der Waals surface area contributed by atoms with Crippen molar-refractivity contribution in [1.29, 1.82) is 0 Å². The standard InChI is InChI=1S/C15H14ClFN2S/c16-10-5-6-11(12(17)8-10)15(19-18)14-7-9-3-1-2-4-13(9)20-14/h1-6,8,14-15,19H,7,18H2. The molecule has 1 aliphatic rings. The zero-order valence-electron chi connectivity index (χ0n) is 10.6. The number of hydrogen-bond acceptors (Lipinski definition) is 3. The molecular weight excluding hydrogens is 295 g/mol. The predicted octanol–water partition coefficient (Wildman–Crippen LogP) is 3.70. The van der Waals surface area contributed by atoms with Crippen LogP contribution in [0.5, 0.6) is 0 Å². The molecule has 0 saturated heterocycles. The molecule has 5 heteroatoms. The minimum atomic E-state index is -0.322. The summed E-state index contributed by atoms with van der Waals surface area (Å²) in [6, 6.07) is 12.7. The summed E-state index contributed by atoms with van der Waals surface area (Å²) in [7, 11) is 0. The van der Waals surface area contributed by atoms with E-state index in [1.54, 1.807) is 23.9 Å². The molecule has 0 fully saturated rings. The average Bonchev–Trinajstić information content (AvgIpc) is 2.85. The lowest BCUT2D eigenvalue weighted by molar-refractivity contribution is 0.498. The lowest BCUT2D eigenvalue weighted by Crippen LogP contribution is -2.35. The Bertz CT molecular complexity index is 610. The Morgan fingerprint density at radius 1 is 1.30 bits per heavy atom. The summed E-state index contributed by atoms with van der Waals surface area (Å²) in [5.74, 6) is 5.34. The zero-order valence-corrected chi connectivity index (χ0v) is 12.2. The maximum Gasteiger partial charge on any atom is 0.129 e. The van der Waals surface area contributed by atoms with Crippen molar-refractivity contribution in [3.8, 4) is 0 Å². The van der Waals surface area contributed by atoms with Crippen molar-refractivity contribution in [3.63, 3.8) is 0 Å². The highest BCUT2D eigenvalue weighted by atomic mass is 35.5. The second kappa shape index (κ2) is 5.74. The van der Waals surface area contributed by atoms with Crippen molar-refractivity contribution in [3.05, 3.63) is 64.4 Å². The van der Waals surface area contributed by atoms with Crippen LogP contribution in [0.4, 0.5) is 4.39 Å². The summed E-state index contributed by atoms with van der Waals surface area (Å²) in [6.45, 7) is 0. The third kappa shape index (κ3) is 2.56. The van der Waals surface area contributed by atoms with Gasteiger partial charge in [-0.15, -0.1) is 11.8 Å². The highest BCUT2D eigenvalue weighted by Crippen LogP contribution is 2.42. The Hall–Kier alpha value is -1.07. The van der Waals surface area contributed by atoms with Crippen LogP contribution in [0.2, 0.25) is 5.02 Å². The monoisotopic (exact) mass is 308 g/mol. The van der Waals surface area contributed by atoms with Gasteiger partial charge >= 0.3 is 0 Å². The second-order valence-corrected chi connectivity index (χ2v) is 6.50. The number of hydrogen-bond donors (Lipinski definition) is 2. The first-order valence-corrected chi connectivity index (χ1v) is 7.60. The maximum atomic E-state index is 14.1. The molecule has 3 N–H and O–H groups in total. The van der Waals surface area contributed by atoms with Gasteiger partial charge in [0.05, 0.1) is 6.04 Å². The molecule has 1 aliphatic heterocycles. The van der Waals surface area contributed by atoms with Gasteiger partial charge in [0.15, 0.2) is 0 Å². The van der Waals surface area contributed by atoms with Crippen molar-refractivity contribution in [1.82, 2.24) is 5.43 Å². The van der Waals surface area contributed by atoms with Crippen molar-refractivity contribution in [2.75, 3.05) is 0 Å². The quantitative estimate of drug-likeness (QED) is 0.671. The van der Waals surface area contributed by atoms with Crippen molar-refractivity contribution < 1.29 is 4.39 Å². The fourth-order valence-corrected chi connectivity index (χ4v) is 4.11. The van der Waals surface area contributed by atoms with Crippen molar-refractivity contribution in [2.24, 2.45) is 5.84 Å². The van der Waals surface area contributed by atoms with E-state index in [2.05, 4.69) is 17.6 Å². The fourth-order valence-electron chi connectivity index (χ4n) is 2.55. The third-order valence-electron chi connectivity index (χ3n) is 3.52. The molecule has 1 heterocycles. The molecular formula is C15H14ClFN2S. The lowest BCUT2D eigenvalue weighted by Gasteiger charge is -2.23. The molecule has 20 heavy (non-hydrogen) atoms. The highest BCUT2D eigenvalue weighted by Gasteiger charge is 2.31. The van der Waals surface area contributed by atoms with Crippen LogP contribution in [0.3, 0.4) is 0 Å². The minimum Gasteiger partial charge on any atom is -0.271 e. The van der Waals surface area contributed by atoms with E-state index in [0.717, 1.165) is 6.42 Å². The molecule has 0 radical (unpaired) electrons. The molecule has 0 saturated carbocycles. The lowest BCUT2D eigenvalue weighted by atomic mass is 9.99. The van der Waals surface area contributed by atoms with E-state index in [1.165, 1.54) is 16.5 Å². The Kier molecular flexibility index (Phi) is 3.98. The number of benzene rings is 2. The van der Waals surface area contributed by atoms with E-state index < -0.39 is 0 Å². The highest BCUT2D eigenvalue weighted by molar-refractivity contribution is 8.00. The van der Waals surface area contributed by atoms with Gasteiger partial charge in [-0.05, 0) is 30.2 Å². The van der Waals surface area contributed by atoms with Crippen LogP contribution in [0, 0.1) is 5.82 Å². The van der Waals surface area contributed by atoms with Crippen molar-refractivity contribution in [2.45, 2.75) is 22.6 Å². The Labute approximate surface area is 126 Å². The van der Waals surface area contributed by atoms with Crippen LogP contribution >= 0.6 is 23.4 Å². The van der Waals surface area contributed by atoms with Crippen molar-refractivity contribution >= 4 is 23.4 Å². The SMILES string of the molecule is NNC(c1ccc(Cl)cc1F)C1Cc2ccccc2S1. The number of nitrogens with two attached hydrogens (primary N) is 1. The summed E-state index contributed by atoms with van der Waals surface area (Å²) in [5, 5.41) is 0.567. The molecule has 0 spiro atoms. The number of fused-ring (bicyclic) bond motifs is 1. The molecule has 2 aromatic rings. The number of rotatable bonds is 3. The zero-order chi connectivity index (χ0) is 14.1. The first-order chi connectivity index (χ1) is 9.69. The van der Waals surface area contributed by atoms with E-state index >= 15 is 0 Å². The van der Waals surface area contributed by atoms with Gasteiger partial charge in [-0.1, -0.05) is 35.9 Å². The van der Waals surface area contributed by atoms with Gasteiger partial charge in [-0.25, -0.2) is 4.39 Å². The van der Waals surface area contributed by atoms with Crippen LogP contribution in [0.15, 0.2) is 47.4 Å². The summed E-state index contributed by atoms with van der Waals surface area (Å²) in [5.41, 5.74) is 4.60. The molecule has 2 nitrogen and oxygen atoms in total. The topological polar surface area (TPSA) is 38.0 Å². The minimum absolute atomic E-state index is 0.174. The summed E-state index contributed by atoms with van der Waals surface area (Å²) in [4.78, 5) is 1.24. The fraction of sp³-hybridized carbons (Fsp3) is 0.200. The Morgan fingerprint density at radius 3 is 2.80 bits per heavy atom. The van der Waals surface area contributed by atoms with E-state index in [-0.39, 0.29) is 17.1 Å². The summed E-state index contributed by atoms with van der Waals surface area (Å²) >= 11 is 7.54. The van der Waals surface area contributed by atoms with Gasteiger partial charge in [0.25, 0.3) is 0 Å².